The van der Waals surface area contributed by atoms with Crippen LogP contribution in [0.15, 0.2) is 29.2 Å². The molecule has 0 spiro atoms. The first-order chi connectivity index (χ1) is 11.9. The topological polar surface area (TPSA) is 80.5 Å². The molecule has 25 heavy (non-hydrogen) atoms. The molecule has 3 rings (SSSR count). The smallest absolute Gasteiger partial charge is 0.268 e. The lowest BCUT2D eigenvalue weighted by Gasteiger charge is -2.35. The van der Waals surface area contributed by atoms with Crippen LogP contribution in [0, 0.1) is 15.5 Å². The Hall–Kier alpha value is -2.15. The minimum Gasteiger partial charge on any atom is -0.268 e. The normalized spacial score (nSPS) is 21.8. The zero-order chi connectivity index (χ0) is 18.0. The Morgan fingerprint density at radius 1 is 1.20 bits per heavy atom. The van der Waals surface area contributed by atoms with Gasteiger partial charge in [-0.25, -0.2) is 0 Å². The maximum atomic E-state index is 12.6. The maximum absolute atomic E-state index is 12.6. The zero-order valence-corrected chi connectivity index (χ0v) is 14.9. The van der Waals surface area contributed by atoms with E-state index >= 15 is 0 Å². The first-order valence-corrected chi connectivity index (χ1v) is 9.19. The third kappa shape index (κ3) is 3.92. The number of non-ortho nitro benzene ring substituents is 1. The fraction of sp³-hybridized carbons (Fsp3) is 0.444. The van der Waals surface area contributed by atoms with Crippen LogP contribution in [0.1, 0.15) is 44.6 Å². The lowest BCUT2D eigenvalue weighted by atomic mass is 9.75. The first-order valence-electron chi connectivity index (χ1n) is 8.38. The van der Waals surface area contributed by atoms with E-state index in [0.29, 0.717) is 17.0 Å². The van der Waals surface area contributed by atoms with Crippen molar-refractivity contribution in [1.82, 2.24) is 4.90 Å². The molecule has 1 heterocycles. The van der Waals surface area contributed by atoms with Gasteiger partial charge in [-0.2, -0.15) is 0 Å². The number of imide groups is 1. The van der Waals surface area contributed by atoms with Gasteiger partial charge in [0.05, 0.1) is 9.83 Å². The van der Waals surface area contributed by atoms with Gasteiger partial charge in [-0.1, -0.05) is 26.2 Å². The average molecular weight is 360 g/mol. The summed E-state index contributed by atoms with van der Waals surface area (Å²) in [4.78, 5) is 36.9. The number of amides is 2. The molecule has 0 aromatic heterocycles. The van der Waals surface area contributed by atoms with E-state index in [0.717, 1.165) is 37.4 Å². The number of carbonyl (C=O) groups is 2. The molecule has 1 aromatic rings. The molecule has 7 heteroatoms. The van der Waals surface area contributed by atoms with E-state index in [9.17, 15) is 19.7 Å². The number of hydrogen-bond donors (Lipinski definition) is 0. The summed E-state index contributed by atoms with van der Waals surface area (Å²) in [5.41, 5.74) is 0.669. The van der Waals surface area contributed by atoms with Gasteiger partial charge in [0.15, 0.2) is 0 Å². The van der Waals surface area contributed by atoms with Gasteiger partial charge >= 0.3 is 0 Å². The van der Waals surface area contributed by atoms with Crippen molar-refractivity contribution in [2.24, 2.45) is 5.41 Å². The quantitative estimate of drug-likeness (QED) is 0.445. The summed E-state index contributed by atoms with van der Waals surface area (Å²) in [6.45, 7) is 2.62. The summed E-state index contributed by atoms with van der Waals surface area (Å²) >= 11 is 0.939. The minimum absolute atomic E-state index is 0.00419. The highest BCUT2D eigenvalue weighted by Crippen LogP contribution is 2.40. The predicted molar refractivity (Wildman–Crippen MR) is 97.0 cm³/mol. The van der Waals surface area contributed by atoms with E-state index in [4.69, 9.17) is 0 Å². The highest BCUT2D eigenvalue weighted by atomic mass is 32.2. The molecule has 2 fully saturated rings. The molecule has 132 valence electrons. The molecule has 1 saturated carbocycles. The van der Waals surface area contributed by atoms with Crippen molar-refractivity contribution >= 4 is 34.7 Å². The summed E-state index contributed by atoms with van der Waals surface area (Å²) in [5, 5.41) is 10.5. The summed E-state index contributed by atoms with van der Waals surface area (Å²) in [7, 11) is 0. The molecule has 1 aromatic carbocycles. The Balaban J connectivity index is 1.75. The van der Waals surface area contributed by atoms with Crippen LogP contribution in [0.4, 0.5) is 10.5 Å². The van der Waals surface area contributed by atoms with Crippen molar-refractivity contribution in [3.8, 4) is 0 Å². The van der Waals surface area contributed by atoms with Crippen molar-refractivity contribution < 1.29 is 14.5 Å². The number of carbonyl (C=O) groups excluding carboxylic acids is 2. The Morgan fingerprint density at radius 3 is 2.44 bits per heavy atom. The molecule has 6 nitrogen and oxygen atoms in total. The lowest BCUT2D eigenvalue weighted by molar-refractivity contribution is -0.384. The third-order valence-corrected chi connectivity index (χ3v) is 5.78. The van der Waals surface area contributed by atoms with Gasteiger partial charge in [0.25, 0.3) is 16.8 Å². The van der Waals surface area contributed by atoms with Gasteiger partial charge in [0.1, 0.15) is 0 Å². The molecule has 0 bridgehead atoms. The van der Waals surface area contributed by atoms with E-state index < -0.39 is 4.92 Å². The van der Waals surface area contributed by atoms with E-state index in [2.05, 4.69) is 6.92 Å². The van der Waals surface area contributed by atoms with Crippen LogP contribution < -0.4 is 0 Å². The molecule has 0 radical (unpaired) electrons. The van der Waals surface area contributed by atoms with Crippen molar-refractivity contribution in [3.63, 3.8) is 0 Å². The van der Waals surface area contributed by atoms with Crippen LogP contribution in [0.3, 0.4) is 0 Å². The number of hydrogen-bond acceptors (Lipinski definition) is 5. The number of nitrogens with zero attached hydrogens (tertiary/aromatic N) is 2. The first kappa shape index (κ1) is 17.7. The Labute approximate surface area is 150 Å². The second-order valence-corrected chi connectivity index (χ2v) is 7.98. The van der Waals surface area contributed by atoms with Crippen molar-refractivity contribution in [3.05, 3.63) is 44.8 Å². The third-order valence-electron chi connectivity index (χ3n) is 4.88. The number of nitro groups is 1. The van der Waals surface area contributed by atoms with Crippen LogP contribution in [-0.2, 0) is 4.79 Å². The molecule has 2 aliphatic rings. The molecule has 0 unspecified atom stereocenters. The summed E-state index contributed by atoms with van der Waals surface area (Å²) in [5.74, 6) is -0.264. The molecule has 1 aliphatic carbocycles. The monoisotopic (exact) mass is 360 g/mol. The van der Waals surface area contributed by atoms with Crippen LogP contribution in [0.25, 0.3) is 6.08 Å². The maximum Gasteiger partial charge on any atom is 0.293 e. The second kappa shape index (κ2) is 7.00. The van der Waals surface area contributed by atoms with Gasteiger partial charge in [0.2, 0.25) is 0 Å². The molecule has 0 atom stereocenters. The van der Waals surface area contributed by atoms with Gasteiger partial charge in [-0.15, -0.1) is 0 Å². The molecular weight excluding hydrogens is 340 g/mol. The highest BCUT2D eigenvalue weighted by Gasteiger charge is 2.40. The average Bonchev–Trinajstić information content (AvgIpc) is 2.83. The van der Waals surface area contributed by atoms with Crippen LogP contribution in [0.2, 0.25) is 0 Å². The molecular formula is C18H20N2O4S. The predicted octanol–water partition coefficient (Wildman–Crippen LogP) is 4.60. The number of nitro benzene ring substituents is 1. The second-order valence-electron chi connectivity index (χ2n) is 6.99. The fourth-order valence-corrected chi connectivity index (χ4v) is 4.26. The molecule has 1 saturated heterocycles. The van der Waals surface area contributed by atoms with E-state index in [1.165, 1.54) is 23.5 Å². The van der Waals surface area contributed by atoms with Crippen molar-refractivity contribution in [2.45, 2.75) is 39.0 Å². The van der Waals surface area contributed by atoms with Crippen molar-refractivity contribution in [1.29, 1.82) is 0 Å². The zero-order valence-electron chi connectivity index (χ0n) is 14.1. The number of thioether (sulfide) groups is 1. The minimum atomic E-state index is -0.470. The van der Waals surface area contributed by atoms with Gasteiger partial charge in [-0.05, 0) is 53.8 Å². The fourth-order valence-electron chi connectivity index (χ4n) is 3.43. The summed E-state index contributed by atoms with van der Waals surface area (Å²) < 4.78 is 0. The molecule has 1 aliphatic heterocycles. The van der Waals surface area contributed by atoms with Crippen LogP contribution in [-0.4, -0.2) is 27.5 Å². The summed E-state index contributed by atoms with van der Waals surface area (Å²) in [6.07, 6.45) is 7.21. The van der Waals surface area contributed by atoms with Crippen LogP contribution in [0.5, 0.6) is 0 Å². The standard InChI is InChI=1S/C18H20N2O4S/c1-18(9-3-2-4-10-18)12-19-16(21)15(25-17(19)22)11-13-5-7-14(8-6-13)20(23)24/h5-8,11H,2-4,9-10,12H2,1H3. The van der Waals surface area contributed by atoms with E-state index in [-0.39, 0.29) is 22.2 Å². The SMILES string of the molecule is CC1(CN2C(=O)SC(=Cc3ccc([N+](=O)[O-])cc3)C2=O)CCCCC1. The lowest BCUT2D eigenvalue weighted by Crippen LogP contribution is -2.39. The molecule has 0 N–H and O–H groups in total. The Morgan fingerprint density at radius 2 is 1.84 bits per heavy atom. The Bertz CT molecular complexity index is 736. The summed E-state index contributed by atoms with van der Waals surface area (Å²) in [6, 6.07) is 5.93. The van der Waals surface area contributed by atoms with E-state index in [1.54, 1.807) is 18.2 Å². The van der Waals surface area contributed by atoms with Crippen molar-refractivity contribution in [2.75, 3.05) is 6.54 Å². The largest absolute Gasteiger partial charge is 0.293 e. The number of benzene rings is 1. The number of rotatable bonds is 4. The highest BCUT2D eigenvalue weighted by molar-refractivity contribution is 8.18. The van der Waals surface area contributed by atoms with Crippen LogP contribution >= 0.6 is 11.8 Å². The molecule has 2 amide bonds. The van der Waals surface area contributed by atoms with E-state index in [1.807, 2.05) is 0 Å². The Kier molecular flexibility index (Phi) is 4.94. The van der Waals surface area contributed by atoms with Gasteiger partial charge in [0, 0.05) is 18.7 Å². The van der Waals surface area contributed by atoms with Gasteiger partial charge < -0.3 is 0 Å². The van der Waals surface area contributed by atoms with Gasteiger partial charge in [-0.3, -0.25) is 24.6 Å².